The van der Waals surface area contributed by atoms with Crippen LogP contribution in [0.4, 0.5) is 4.79 Å². The molecule has 0 aliphatic heterocycles. The fourth-order valence-corrected chi connectivity index (χ4v) is 1.66. The van der Waals surface area contributed by atoms with Crippen molar-refractivity contribution in [2.24, 2.45) is 0 Å². The number of alkyl carbamates (subject to hydrolysis) is 1. The van der Waals surface area contributed by atoms with Crippen LogP contribution in [0.3, 0.4) is 0 Å². The monoisotopic (exact) mass is 279 g/mol. The minimum Gasteiger partial charge on any atom is -0.479 e. The van der Waals surface area contributed by atoms with Crippen LogP contribution >= 0.6 is 0 Å². The van der Waals surface area contributed by atoms with E-state index in [1.165, 1.54) is 0 Å². The van der Waals surface area contributed by atoms with Gasteiger partial charge in [-0.2, -0.15) is 0 Å². The highest BCUT2D eigenvalue weighted by molar-refractivity contribution is 5.81. The molecule has 0 heterocycles. The molecule has 0 saturated heterocycles. The molecule has 110 valence electrons. The van der Waals surface area contributed by atoms with Gasteiger partial charge in [0.25, 0.3) is 0 Å². The van der Waals surface area contributed by atoms with Crippen molar-refractivity contribution >= 4 is 12.1 Å². The van der Waals surface area contributed by atoms with Crippen LogP contribution in [0.2, 0.25) is 0 Å². The molecule has 1 rings (SSSR count). The van der Waals surface area contributed by atoms with Crippen LogP contribution in [0.25, 0.3) is 0 Å². The first kappa shape index (κ1) is 16.0. The number of carboxylic acids is 1. The Bertz CT molecular complexity index is 474. The molecular weight excluding hydrogens is 258 g/mol. The van der Waals surface area contributed by atoms with Gasteiger partial charge < -0.3 is 15.2 Å². The van der Waals surface area contributed by atoms with E-state index in [0.29, 0.717) is 5.56 Å². The number of aryl methyl sites for hydroxylation is 1. The Balaban J connectivity index is 2.83. The quantitative estimate of drug-likeness (QED) is 0.888. The Morgan fingerprint density at radius 3 is 2.20 bits per heavy atom. The molecule has 0 bridgehead atoms. The summed E-state index contributed by atoms with van der Waals surface area (Å²) >= 11 is 0. The molecule has 0 radical (unpaired) electrons. The largest absolute Gasteiger partial charge is 0.479 e. The summed E-state index contributed by atoms with van der Waals surface area (Å²) in [6.45, 7) is 7.18. The van der Waals surface area contributed by atoms with E-state index >= 15 is 0 Å². The first-order valence-corrected chi connectivity index (χ1v) is 6.54. The number of rotatable bonds is 4. The van der Waals surface area contributed by atoms with Crippen LogP contribution in [0.1, 0.15) is 44.9 Å². The second-order valence-corrected chi connectivity index (χ2v) is 5.51. The standard InChI is InChI=1S/C15H21NO4/c1-5-10-6-8-11(9-7-10)12(13(17)18)16-14(19)20-15(2,3)4/h6-9,12H,5H2,1-4H3,(H,16,19)(H,17,18). The average Bonchev–Trinajstić information content (AvgIpc) is 2.34. The van der Waals surface area contributed by atoms with Gasteiger partial charge in [0.2, 0.25) is 0 Å². The maximum absolute atomic E-state index is 11.7. The number of aliphatic carboxylic acids is 1. The van der Waals surface area contributed by atoms with Gasteiger partial charge in [0.1, 0.15) is 5.60 Å². The molecule has 0 aromatic heterocycles. The van der Waals surface area contributed by atoms with E-state index in [-0.39, 0.29) is 0 Å². The summed E-state index contributed by atoms with van der Waals surface area (Å²) in [6.07, 6.45) is 0.127. The van der Waals surface area contributed by atoms with Crippen LogP contribution in [0.15, 0.2) is 24.3 Å². The molecule has 0 fully saturated rings. The lowest BCUT2D eigenvalue weighted by Gasteiger charge is -2.22. The second kappa shape index (κ2) is 6.41. The maximum atomic E-state index is 11.7. The van der Waals surface area contributed by atoms with Gasteiger partial charge in [-0.25, -0.2) is 9.59 Å². The maximum Gasteiger partial charge on any atom is 0.408 e. The minimum atomic E-state index is -1.12. The van der Waals surface area contributed by atoms with E-state index in [4.69, 9.17) is 4.74 Å². The zero-order chi connectivity index (χ0) is 15.3. The van der Waals surface area contributed by atoms with E-state index in [2.05, 4.69) is 5.32 Å². The van der Waals surface area contributed by atoms with Gasteiger partial charge in [0.15, 0.2) is 6.04 Å². The number of hydrogen-bond donors (Lipinski definition) is 2. The summed E-state index contributed by atoms with van der Waals surface area (Å²) in [6, 6.07) is 5.99. The zero-order valence-corrected chi connectivity index (χ0v) is 12.3. The predicted molar refractivity (Wildman–Crippen MR) is 75.6 cm³/mol. The number of amides is 1. The lowest BCUT2D eigenvalue weighted by Crippen LogP contribution is -2.38. The van der Waals surface area contributed by atoms with Crippen molar-refractivity contribution in [1.82, 2.24) is 5.32 Å². The Labute approximate surface area is 118 Å². The molecule has 0 aliphatic carbocycles. The third-order valence-electron chi connectivity index (χ3n) is 2.63. The van der Waals surface area contributed by atoms with Gasteiger partial charge in [-0.05, 0) is 38.3 Å². The van der Waals surface area contributed by atoms with Crippen LogP contribution in [-0.2, 0) is 16.0 Å². The summed E-state index contributed by atoms with van der Waals surface area (Å²) in [7, 11) is 0. The van der Waals surface area contributed by atoms with Crippen LogP contribution in [-0.4, -0.2) is 22.8 Å². The van der Waals surface area contributed by atoms with Crippen molar-refractivity contribution < 1.29 is 19.4 Å². The van der Waals surface area contributed by atoms with Crippen molar-refractivity contribution in [3.05, 3.63) is 35.4 Å². The highest BCUT2D eigenvalue weighted by Gasteiger charge is 2.25. The number of carbonyl (C=O) groups excluding carboxylic acids is 1. The molecule has 2 N–H and O–H groups in total. The number of benzene rings is 1. The lowest BCUT2D eigenvalue weighted by molar-refractivity contribution is -0.139. The lowest BCUT2D eigenvalue weighted by atomic mass is 10.0. The number of carbonyl (C=O) groups is 2. The molecule has 1 atom stereocenters. The molecule has 20 heavy (non-hydrogen) atoms. The molecule has 5 heteroatoms. The minimum absolute atomic E-state index is 0.514. The third-order valence-corrected chi connectivity index (χ3v) is 2.63. The molecular formula is C15H21NO4. The Kier molecular flexibility index (Phi) is 5.13. The van der Waals surface area contributed by atoms with E-state index in [1.807, 2.05) is 19.1 Å². The molecule has 1 aromatic rings. The summed E-state index contributed by atoms with van der Waals surface area (Å²) < 4.78 is 5.07. The molecule has 0 saturated carbocycles. The van der Waals surface area contributed by atoms with E-state index in [9.17, 15) is 14.7 Å². The van der Waals surface area contributed by atoms with Gasteiger partial charge in [0.05, 0.1) is 0 Å². The normalized spacial score (nSPS) is 12.6. The number of hydrogen-bond acceptors (Lipinski definition) is 3. The molecule has 5 nitrogen and oxygen atoms in total. The van der Waals surface area contributed by atoms with Crippen molar-refractivity contribution in [3.63, 3.8) is 0 Å². The fraction of sp³-hybridized carbons (Fsp3) is 0.467. The van der Waals surface area contributed by atoms with E-state index < -0.39 is 23.7 Å². The predicted octanol–water partition coefficient (Wildman–Crippen LogP) is 2.90. The zero-order valence-electron chi connectivity index (χ0n) is 12.3. The topological polar surface area (TPSA) is 75.6 Å². The highest BCUT2D eigenvalue weighted by Crippen LogP contribution is 2.16. The molecule has 1 aromatic carbocycles. The van der Waals surface area contributed by atoms with Gasteiger partial charge in [-0.3, -0.25) is 0 Å². The Morgan fingerprint density at radius 2 is 1.80 bits per heavy atom. The van der Waals surface area contributed by atoms with Crippen molar-refractivity contribution in [2.45, 2.75) is 45.8 Å². The van der Waals surface area contributed by atoms with Gasteiger partial charge in [-0.15, -0.1) is 0 Å². The summed E-state index contributed by atoms with van der Waals surface area (Å²) in [4.78, 5) is 23.0. The third kappa shape index (κ3) is 4.91. The van der Waals surface area contributed by atoms with E-state index in [1.54, 1.807) is 32.9 Å². The Hall–Kier alpha value is -2.04. The Morgan fingerprint density at radius 1 is 1.25 bits per heavy atom. The van der Waals surface area contributed by atoms with Crippen LogP contribution < -0.4 is 5.32 Å². The van der Waals surface area contributed by atoms with Gasteiger partial charge in [0, 0.05) is 0 Å². The van der Waals surface area contributed by atoms with E-state index in [0.717, 1.165) is 12.0 Å². The number of ether oxygens (including phenoxy) is 1. The van der Waals surface area contributed by atoms with Crippen molar-refractivity contribution in [3.8, 4) is 0 Å². The smallest absolute Gasteiger partial charge is 0.408 e. The first-order valence-electron chi connectivity index (χ1n) is 6.54. The molecule has 0 spiro atoms. The summed E-state index contributed by atoms with van der Waals surface area (Å²) in [5, 5.41) is 11.6. The molecule has 1 amide bonds. The van der Waals surface area contributed by atoms with Gasteiger partial charge >= 0.3 is 12.1 Å². The van der Waals surface area contributed by atoms with Crippen molar-refractivity contribution in [2.75, 3.05) is 0 Å². The van der Waals surface area contributed by atoms with Crippen molar-refractivity contribution in [1.29, 1.82) is 0 Å². The summed E-state index contributed by atoms with van der Waals surface area (Å²) in [5.41, 5.74) is 0.954. The molecule has 0 aliphatic rings. The number of nitrogens with one attached hydrogen (secondary N) is 1. The van der Waals surface area contributed by atoms with Gasteiger partial charge in [-0.1, -0.05) is 31.2 Å². The van der Waals surface area contributed by atoms with Crippen LogP contribution in [0, 0.1) is 0 Å². The first-order chi connectivity index (χ1) is 9.23. The highest BCUT2D eigenvalue weighted by atomic mass is 16.6. The fourth-order valence-electron chi connectivity index (χ4n) is 1.66. The molecule has 1 unspecified atom stereocenters. The summed E-state index contributed by atoms with van der Waals surface area (Å²) in [5.74, 6) is -1.12. The number of carboxylic acid groups (broad SMARTS) is 1. The second-order valence-electron chi connectivity index (χ2n) is 5.51. The SMILES string of the molecule is CCc1ccc(C(NC(=O)OC(C)(C)C)C(=O)O)cc1. The average molecular weight is 279 g/mol. The van der Waals surface area contributed by atoms with Crippen LogP contribution in [0.5, 0.6) is 0 Å².